The van der Waals surface area contributed by atoms with Crippen LogP contribution in [0.15, 0.2) is 49.1 Å². The minimum absolute atomic E-state index is 0.571. The number of nitrogens with zero attached hydrogens (tertiary/aromatic N) is 5. The van der Waals surface area contributed by atoms with Crippen molar-refractivity contribution >= 4 is 11.6 Å². The third-order valence-corrected chi connectivity index (χ3v) is 2.72. The summed E-state index contributed by atoms with van der Waals surface area (Å²) in [6.45, 7) is 2.02. The molecule has 19 heavy (non-hydrogen) atoms. The fourth-order valence-corrected chi connectivity index (χ4v) is 1.72. The van der Waals surface area contributed by atoms with Gasteiger partial charge in [-0.3, -0.25) is 0 Å². The van der Waals surface area contributed by atoms with E-state index in [4.69, 9.17) is 0 Å². The van der Waals surface area contributed by atoms with Crippen LogP contribution in [0.2, 0.25) is 0 Å². The van der Waals surface area contributed by atoms with Gasteiger partial charge in [0.1, 0.15) is 0 Å². The number of anilines is 2. The Morgan fingerprint density at radius 1 is 1.11 bits per heavy atom. The zero-order valence-electron chi connectivity index (χ0n) is 10.4. The number of hydrogen-bond acceptors (Lipinski definition) is 5. The van der Waals surface area contributed by atoms with Crippen molar-refractivity contribution in [1.82, 2.24) is 25.0 Å². The first-order chi connectivity index (χ1) is 9.33. The van der Waals surface area contributed by atoms with Crippen molar-refractivity contribution in [3.05, 3.63) is 54.6 Å². The van der Waals surface area contributed by atoms with Crippen LogP contribution in [0.3, 0.4) is 0 Å². The first-order valence-corrected chi connectivity index (χ1v) is 5.84. The second-order valence-electron chi connectivity index (χ2n) is 4.04. The molecule has 2 aromatic heterocycles. The van der Waals surface area contributed by atoms with Gasteiger partial charge in [-0.05, 0) is 30.7 Å². The molecule has 0 unspecified atom stereocenters. The van der Waals surface area contributed by atoms with Crippen LogP contribution in [0.4, 0.5) is 11.6 Å². The molecule has 2 heterocycles. The minimum Gasteiger partial charge on any atom is -0.324 e. The lowest BCUT2D eigenvalue weighted by atomic mass is 10.2. The molecule has 0 bridgehead atoms. The Balaban J connectivity index is 1.95. The molecule has 6 heteroatoms. The van der Waals surface area contributed by atoms with Gasteiger partial charge in [0.05, 0.1) is 18.1 Å². The van der Waals surface area contributed by atoms with Crippen LogP contribution >= 0.6 is 0 Å². The summed E-state index contributed by atoms with van der Waals surface area (Å²) in [4.78, 5) is 8.30. The average molecular weight is 252 g/mol. The van der Waals surface area contributed by atoms with Gasteiger partial charge in [0.2, 0.25) is 5.95 Å². The quantitative estimate of drug-likeness (QED) is 0.773. The van der Waals surface area contributed by atoms with Gasteiger partial charge < -0.3 is 5.32 Å². The summed E-state index contributed by atoms with van der Waals surface area (Å²) in [7, 11) is 0. The predicted octanol–water partition coefficient (Wildman–Crippen LogP) is 2.11. The highest BCUT2D eigenvalue weighted by atomic mass is 15.4. The predicted molar refractivity (Wildman–Crippen MR) is 71.4 cm³/mol. The molecular formula is C13H12N6. The Bertz CT molecular complexity index is 663. The molecule has 3 aromatic rings. The highest BCUT2D eigenvalue weighted by Gasteiger charge is 2.04. The summed E-state index contributed by atoms with van der Waals surface area (Å²) in [6.07, 6.45) is 6.85. The zero-order chi connectivity index (χ0) is 13.1. The summed E-state index contributed by atoms with van der Waals surface area (Å²) in [5.41, 5.74) is 2.98. The Hall–Kier alpha value is -2.76. The van der Waals surface area contributed by atoms with Crippen molar-refractivity contribution in [1.29, 1.82) is 0 Å². The van der Waals surface area contributed by atoms with Crippen LogP contribution in [0.5, 0.6) is 0 Å². The maximum Gasteiger partial charge on any atom is 0.227 e. The number of aryl methyl sites for hydroxylation is 1. The van der Waals surface area contributed by atoms with Crippen LogP contribution in [-0.2, 0) is 0 Å². The van der Waals surface area contributed by atoms with E-state index in [0.29, 0.717) is 5.95 Å². The van der Waals surface area contributed by atoms with Crippen LogP contribution in [0, 0.1) is 6.92 Å². The van der Waals surface area contributed by atoms with Gasteiger partial charge in [-0.15, -0.1) is 5.10 Å². The molecule has 0 fully saturated rings. The fraction of sp³-hybridized carbons (Fsp3) is 0.0769. The number of rotatable bonds is 3. The van der Waals surface area contributed by atoms with Crippen LogP contribution in [-0.4, -0.2) is 25.0 Å². The van der Waals surface area contributed by atoms with E-state index in [-0.39, 0.29) is 0 Å². The summed E-state index contributed by atoms with van der Waals surface area (Å²) >= 11 is 0. The summed E-state index contributed by atoms with van der Waals surface area (Å²) in [6, 6.07) is 7.77. The maximum atomic E-state index is 4.15. The first-order valence-electron chi connectivity index (χ1n) is 5.84. The van der Waals surface area contributed by atoms with Crippen molar-refractivity contribution in [3.8, 4) is 5.69 Å². The van der Waals surface area contributed by atoms with Crippen molar-refractivity contribution in [2.75, 3.05) is 5.32 Å². The molecule has 0 atom stereocenters. The molecule has 0 aliphatic heterocycles. The van der Waals surface area contributed by atoms with Gasteiger partial charge >= 0.3 is 0 Å². The number of hydrogen-bond donors (Lipinski definition) is 1. The smallest absolute Gasteiger partial charge is 0.227 e. The highest BCUT2D eigenvalue weighted by molar-refractivity contribution is 5.61. The van der Waals surface area contributed by atoms with Gasteiger partial charge in [-0.2, -0.15) is 0 Å². The molecule has 1 aromatic carbocycles. The standard InChI is InChI=1S/C13H12N6/c1-10-3-4-11(19-8-7-16-18-19)9-12(10)17-13-14-5-2-6-15-13/h2-9H,1H3,(H,14,15,17). The molecule has 0 aliphatic carbocycles. The Kier molecular flexibility index (Phi) is 2.89. The van der Waals surface area contributed by atoms with E-state index < -0.39 is 0 Å². The zero-order valence-corrected chi connectivity index (χ0v) is 10.4. The van der Waals surface area contributed by atoms with Crippen molar-refractivity contribution in [3.63, 3.8) is 0 Å². The van der Waals surface area contributed by atoms with E-state index in [1.807, 2.05) is 25.1 Å². The van der Waals surface area contributed by atoms with E-state index >= 15 is 0 Å². The fourth-order valence-electron chi connectivity index (χ4n) is 1.72. The Morgan fingerprint density at radius 3 is 2.68 bits per heavy atom. The molecule has 6 nitrogen and oxygen atoms in total. The largest absolute Gasteiger partial charge is 0.324 e. The summed E-state index contributed by atoms with van der Waals surface area (Å²) in [5, 5.41) is 11.0. The maximum absolute atomic E-state index is 4.15. The first kappa shape index (κ1) is 11.3. The Morgan fingerprint density at radius 2 is 1.95 bits per heavy atom. The molecule has 0 aliphatic rings. The molecule has 0 amide bonds. The molecule has 0 radical (unpaired) electrons. The van der Waals surface area contributed by atoms with Crippen LogP contribution in [0.25, 0.3) is 5.69 Å². The van der Waals surface area contributed by atoms with Crippen molar-refractivity contribution < 1.29 is 0 Å². The average Bonchev–Trinajstić information content (AvgIpc) is 2.96. The van der Waals surface area contributed by atoms with Crippen molar-refractivity contribution in [2.24, 2.45) is 0 Å². The minimum atomic E-state index is 0.571. The third-order valence-electron chi connectivity index (χ3n) is 2.72. The lowest BCUT2D eigenvalue weighted by Gasteiger charge is -2.09. The lowest BCUT2D eigenvalue weighted by molar-refractivity contribution is 0.803. The second kappa shape index (κ2) is 4.85. The van der Waals surface area contributed by atoms with E-state index in [1.54, 1.807) is 35.5 Å². The van der Waals surface area contributed by atoms with Gasteiger partial charge in [0.15, 0.2) is 0 Å². The molecule has 0 saturated carbocycles. The molecular weight excluding hydrogens is 240 g/mol. The van der Waals surface area contributed by atoms with Gasteiger partial charge in [0.25, 0.3) is 0 Å². The number of aromatic nitrogens is 5. The number of benzene rings is 1. The third kappa shape index (κ3) is 2.42. The summed E-state index contributed by atoms with van der Waals surface area (Å²) < 4.78 is 1.70. The molecule has 3 rings (SSSR count). The van der Waals surface area contributed by atoms with E-state index in [0.717, 1.165) is 16.9 Å². The van der Waals surface area contributed by atoms with Gasteiger partial charge in [-0.1, -0.05) is 11.3 Å². The van der Waals surface area contributed by atoms with Gasteiger partial charge in [0, 0.05) is 18.1 Å². The SMILES string of the molecule is Cc1ccc(-n2ccnn2)cc1Nc1ncccn1. The van der Waals surface area contributed by atoms with Crippen LogP contribution in [0.1, 0.15) is 5.56 Å². The van der Waals surface area contributed by atoms with E-state index in [2.05, 4.69) is 25.6 Å². The Labute approximate surface area is 110 Å². The monoisotopic (exact) mass is 252 g/mol. The lowest BCUT2D eigenvalue weighted by Crippen LogP contribution is -2.01. The second-order valence-corrected chi connectivity index (χ2v) is 4.04. The molecule has 94 valence electrons. The van der Waals surface area contributed by atoms with E-state index in [9.17, 15) is 0 Å². The molecule has 0 spiro atoms. The van der Waals surface area contributed by atoms with Gasteiger partial charge in [-0.25, -0.2) is 14.6 Å². The molecule has 0 saturated heterocycles. The van der Waals surface area contributed by atoms with Crippen LogP contribution < -0.4 is 5.32 Å². The normalized spacial score (nSPS) is 10.4. The molecule has 1 N–H and O–H groups in total. The van der Waals surface area contributed by atoms with Crippen molar-refractivity contribution in [2.45, 2.75) is 6.92 Å². The van der Waals surface area contributed by atoms with E-state index in [1.165, 1.54) is 0 Å². The number of nitrogens with one attached hydrogen (secondary N) is 1. The highest BCUT2D eigenvalue weighted by Crippen LogP contribution is 2.21. The summed E-state index contributed by atoms with van der Waals surface area (Å²) in [5.74, 6) is 0.571. The topological polar surface area (TPSA) is 68.5 Å².